The number of rotatable bonds is 12. The van der Waals surface area contributed by atoms with E-state index in [0.29, 0.717) is 22.7 Å². The van der Waals surface area contributed by atoms with Gasteiger partial charge < -0.3 is 4.74 Å². The van der Waals surface area contributed by atoms with Gasteiger partial charge in [0.15, 0.2) is 12.0 Å². The van der Waals surface area contributed by atoms with Crippen molar-refractivity contribution in [2.45, 2.75) is 168 Å². The Morgan fingerprint density at radius 3 is 1.66 bits per heavy atom. The quantitative estimate of drug-likeness (QED) is 0.0878. The summed E-state index contributed by atoms with van der Waals surface area (Å²) in [6.45, 7) is 15.3. The SMILES string of the molecule is CCCC[C@H]1C(F)=C(F)C(C2C(C(C)C)[C-](c3cccc(OC)c3[PH+](C34CC5CC(CC(C5)C3)C4)C34CC5CC(CC(C5)C3)C4)C(C(C)C)C[C@H]2C(C)C)=C(F)[C@H]1F.[Pd]. The van der Waals surface area contributed by atoms with Crippen LogP contribution in [0, 0.1) is 88.8 Å². The van der Waals surface area contributed by atoms with E-state index in [2.05, 4.69) is 59.7 Å². The molecule has 0 saturated heterocycles. The van der Waals surface area contributed by atoms with Gasteiger partial charge in [-0.25, -0.2) is 17.6 Å². The summed E-state index contributed by atoms with van der Waals surface area (Å²) >= 11 is 0. The summed E-state index contributed by atoms with van der Waals surface area (Å²) in [4.78, 5) is 0. The van der Waals surface area contributed by atoms with Crippen molar-refractivity contribution in [1.29, 1.82) is 0 Å². The number of allylic oxidation sites excluding steroid dienone is 4. The summed E-state index contributed by atoms with van der Waals surface area (Å²) in [5.41, 5.74) is 1.02. The molecule has 9 fully saturated rings. The van der Waals surface area contributed by atoms with E-state index in [1.54, 1.807) is 0 Å². The van der Waals surface area contributed by atoms with Crippen LogP contribution in [-0.4, -0.2) is 23.6 Å². The van der Waals surface area contributed by atoms with Crippen LogP contribution in [0.2, 0.25) is 0 Å². The Hall–Kier alpha value is -0.818. The minimum absolute atomic E-state index is 0. The second kappa shape index (κ2) is 17.0. The molecular weight excluding hydrogens is 854 g/mol. The molecular formula is C52H75F4OPPd. The largest absolute Gasteiger partial charge is 0.506 e. The fraction of sp³-hybridized carbons (Fsp3) is 0.788. The Labute approximate surface area is 370 Å². The van der Waals surface area contributed by atoms with Crippen molar-refractivity contribution in [3.8, 4) is 5.75 Å². The summed E-state index contributed by atoms with van der Waals surface area (Å²) < 4.78 is 73.3. The van der Waals surface area contributed by atoms with Gasteiger partial charge in [-0.2, -0.15) is 12.0 Å². The molecule has 3 unspecified atom stereocenters. The van der Waals surface area contributed by atoms with E-state index in [0.717, 1.165) is 54.1 Å². The summed E-state index contributed by atoms with van der Waals surface area (Å²) in [5.74, 6) is 2.31. The molecule has 6 atom stereocenters. The van der Waals surface area contributed by atoms with Gasteiger partial charge in [-0.15, -0.1) is 11.6 Å². The van der Waals surface area contributed by atoms with Gasteiger partial charge in [0, 0.05) is 39.2 Å². The van der Waals surface area contributed by atoms with Crippen molar-refractivity contribution in [2.24, 2.45) is 82.9 Å². The molecule has 59 heavy (non-hydrogen) atoms. The van der Waals surface area contributed by atoms with Crippen LogP contribution in [0.5, 0.6) is 5.75 Å². The zero-order valence-corrected chi connectivity index (χ0v) is 40.0. The topological polar surface area (TPSA) is 9.23 Å². The van der Waals surface area contributed by atoms with Gasteiger partial charge in [-0.1, -0.05) is 91.4 Å². The van der Waals surface area contributed by atoms with Crippen molar-refractivity contribution in [1.82, 2.24) is 0 Å². The molecule has 11 rings (SSSR count). The van der Waals surface area contributed by atoms with Crippen LogP contribution in [0.15, 0.2) is 41.3 Å². The van der Waals surface area contributed by atoms with E-state index < -0.39 is 43.4 Å². The third-order valence-electron chi connectivity index (χ3n) is 18.3. The van der Waals surface area contributed by atoms with E-state index in [9.17, 15) is 0 Å². The van der Waals surface area contributed by atoms with E-state index >= 15 is 17.6 Å². The van der Waals surface area contributed by atoms with Crippen molar-refractivity contribution < 1.29 is 42.7 Å². The molecule has 0 N–H and O–H groups in total. The molecule has 0 radical (unpaired) electrons. The summed E-state index contributed by atoms with van der Waals surface area (Å²) in [7, 11) is 0.593. The van der Waals surface area contributed by atoms with E-state index in [-0.39, 0.29) is 62.0 Å². The van der Waals surface area contributed by atoms with Gasteiger partial charge in [-0.3, -0.25) is 0 Å². The first-order valence-electron chi connectivity index (χ1n) is 24.2. The van der Waals surface area contributed by atoms with Gasteiger partial charge in [0.2, 0.25) is 0 Å². The molecule has 1 nitrogen and oxygen atoms in total. The molecule has 9 saturated carbocycles. The number of hydrogen-bond donors (Lipinski definition) is 0. The molecule has 1 aromatic rings. The number of methoxy groups -OCH3 is 1. The van der Waals surface area contributed by atoms with Crippen molar-refractivity contribution >= 4 is 13.2 Å². The van der Waals surface area contributed by atoms with Crippen LogP contribution >= 0.6 is 7.92 Å². The van der Waals surface area contributed by atoms with Crippen molar-refractivity contribution in [3.05, 3.63) is 52.7 Å². The third kappa shape index (κ3) is 7.42. The van der Waals surface area contributed by atoms with Gasteiger partial charge in [-0.05, 0) is 143 Å². The van der Waals surface area contributed by atoms with Crippen LogP contribution < -0.4 is 10.0 Å². The second-order valence-electron chi connectivity index (χ2n) is 23.0. The van der Waals surface area contributed by atoms with Gasteiger partial charge >= 0.3 is 0 Å². The molecule has 7 heteroatoms. The molecule has 0 amide bonds. The predicted octanol–water partition coefficient (Wildman–Crippen LogP) is 14.8. The van der Waals surface area contributed by atoms with E-state index in [4.69, 9.17) is 4.74 Å². The molecule has 10 aliphatic rings. The van der Waals surface area contributed by atoms with Crippen LogP contribution in [0.4, 0.5) is 17.6 Å². The summed E-state index contributed by atoms with van der Waals surface area (Å²) in [6, 6.07) is 6.84. The standard InChI is InChI=1S/C52H74F4OP.Pd/c1-9-10-12-38-46(53)48(55)45(49(56)47(38)54)44-40(29(4)5)21-39(28(2)3)43(42(44)30(6)7)37-13-11-14-41(57-8)50(37)58(51-22-31-15-32(23-51)17-33(16-31)24-51)52-25-34-18-35(26-52)20-36(19-34)27-52;/h11,13-14,28-36,38-40,42,44,46H,9-10,12,15-27H2,1-8H3;/q-1;/p+1/t31?,32?,33?,34?,35?,36?,38-,39?,40+,42?,44?,46+,51?,52?,58?;/m1./s1. The molecule has 1 aromatic carbocycles. The molecule has 0 aromatic heterocycles. The van der Waals surface area contributed by atoms with E-state index in [1.165, 1.54) is 93.8 Å². The van der Waals surface area contributed by atoms with Crippen LogP contribution in [0.3, 0.4) is 0 Å². The van der Waals surface area contributed by atoms with Crippen molar-refractivity contribution in [3.63, 3.8) is 0 Å². The first kappa shape index (κ1) is 44.8. The maximum Gasteiger partial charge on any atom is 0.161 e. The molecule has 0 heterocycles. The summed E-state index contributed by atoms with van der Waals surface area (Å²) in [5, 5.41) is 2.17. The van der Waals surface area contributed by atoms with Gasteiger partial charge in [0.1, 0.15) is 17.4 Å². The fourth-order valence-corrected chi connectivity index (χ4v) is 23.2. The number of halogens is 4. The van der Waals surface area contributed by atoms with E-state index in [1.807, 2.05) is 14.0 Å². The minimum Gasteiger partial charge on any atom is -0.506 e. The fourth-order valence-electron chi connectivity index (χ4n) is 17.1. The molecule has 10 aliphatic carbocycles. The first-order valence-corrected chi connectivity index (χ1v) is 25.7. The number of unbranched alkanes of at least 4 members (excludes halogenated alkanes) is 1. The Bertz CT molecular complexity index is 1650. The second-order valence-corrected chi connectivity index (χ2v) is 26.3. The smallest absolute Gasteiger partial charge is 0.161 e. The molecule has 332 valence electrons. The molecule has 0 spiro atoms. The average molecular weight is 930 g/mol. The first-order chi connectivity index (χ1) is 27.7. The molecule has 0 aliphatic heterocycles. The van der Waals surface area contributed by atoms with Crippen LogP contribution in [0.25, 0.3) is 0 Å². The number of alkyl halides is 1. The minimum atomic E-state index is -2.15. The number of ether oxygens (including phenoxy) is 1. The monoisotopic (exact) mass is 928 g/mol. The van der Waals surface area contributed by atoms with Crippen LogP contribution in [-0.2, 0) is 20.4 Å². The Kier molecular flexibility index (Phi) is 12.9. The predicted molar refractivity (Wildman–Crippen MR) is 233 cm³/mol. The number of benzene rings is 1. The Balaban J connectivity index is 0.00000484. The number of hydrogen-bond acceptors (Lipinski definition) is 1. The Morgan fingerprint density at radius 2 is 1.24 bits per heavy atom. The van der Waals surface area contributed by atoms with Crippen LogP contribution in [0.1, 0.15) is 157 Å². The molecule has 8 bridgehead atoms. The van der Waals surface area contributed by atoms with Gasteiger partial charge in [0.25, 0.3) is 0 Å². The Morgan fingerprint density at radius 1 is 0.729 bits per heavy atom. The van der Waals surface area contributed by atoms with Gasteiger partial charge in [0.05, 0.1) is 23.3 Å². The summed E-state index contributed by atoms with van der Waals surface area (Å²) in [6.07, 6.45) is 16.7. The zero-order chi connectivity index (χ0) is 41.0. The zero-order valence-electron chi connectivity index (χ0n) is 37.4. The average Bonchev–Trinajstić information content (AvgIpc) is 3.15. The van der Waals surface area contributed by atoms with Crippen molar-refractivity contribution in [2.75, 3.05) is 7.11 Å². The maximum atomic E-state index is 17.0. The maximum absolute atomic E-state index is 17.0. The third-order valence-corrected chi connectivity index (χ3v) is 22.6. The normalized spacial score (nSPS) is 41.8.